The molecule has 0 aliphatic carbocycles. The van der Waals surface area contributed by atoms with Crippen LogP contribution in [0.4, 0.5) is 0 Å². The van der Waals surface area contributed by atoms with Gasteiger partial charge >= 0.3 is 0 Å². The predicted molar refractivity (Wildman–Crippen MR) is 63.3 cm³/mol. The van der Waals surface area contributed by atoms with E-state index >= 15 is 0 Å². The molecule has 0 saturated carbocycles. The Hall–Kier alpha value is -1.70. The van der Waals surface area contributed by atoms with Gasteiger partial charge in [0.25, 0.3) is 0 Å². The molecule has 1 aromatic rings. The van der Waals surface area contributed by atoms with Crippen molar-refractivity contribution >= 4 is 5.70 Å². The molecule has 0 radical (unpaired) electrons. The van der Waals surface area contributed by atoms with Crippen molar-refractivity contribution in [1.29, 1.82) is 0 Å². The van der Waals surface area contributed by atoms with Crippen molar-refractivity contribution in [3.63, 3.8) is 0 Å². The van der Waals surface area contributed by atoms with Gasteiger partial charge in [0.1, 0.15) is 0 Å². The fourth-order valence-electron chi connectivity index (χ4n) is 1.04. The molecule has 1 aromatic carbocycles. The molecule has 2 heteroatoms. The molecule has 76 valence electrons. The standard InChI is InChI=1S/C12H16N2.H2/c1-2-11(13)8-9-12(14)10-6-4-3-5-7-10;/h3-9H,2,13-14H2,1H3;1H/b11-8-,12-9-;. The predicted octanol–water partition coefficient (Wildman–Crippen LogP) is 2.48. The summed E-state index contributed by atoms with van der Waals surface area (Å²) in [5, 5.41) is 0. The zero-order chi connectivity index (χ0) is 10.4. The van der Waals surface area contributed by atoms with Crippen molar-refractivity contribution in [1.82, 2.24) is 0 Å². The zero-order valence-electron chi connectivity index (χ0n) is 8.40. The molecule has 0 amide bonds. The topological polar surface area (TPSA) is 52.0 Å². The highest BCUT2D eigenvalue weighted by Gasteiger charge is 1.92. The van der Waals surface area contributed by atoms with E-state index in [1.165, 1.54) is 0 Å². The van der Waals surface area contributed by atoms with Crippen molar-refractivity contribution in [2.45, 2.75) is 13.3 Å². The molecule has 0 atom stereocenters. The lowest BCUT2D eigenvalue weighted by atomic mass is 10.1. The minimum Gasteiger partial charge on any atom is -0.402 e. The first kappa shape index (κ1) is 10.4. The van der Waals surface area contributed by atoms with Crippen LogP contribution in [0, 0.1) is 0 Å². The smallest absolute Gasteiger partial charge is 0.0388 e. The minimum absolute atomic E-state index is 0. The number of hydrogen-bond acceptors (Lipinski definition) is 2. The van der Waals surface area contributed by atoms with Crippen molar-refractivity contribution in [2.24, 2.45) is 11.5 Å². The van der Waals surface area contributed by atoms with Gasteiger partial charge in [0, 0.05) is 12.8 Å². The van der Waals surface area contributed by atoms with Gasteiger partial charge in [-0.05, 0) is 24.1 Å². The molecule has 14 heavy (non-hydrogen) atoms. The molecule has 0 spiro atoms. The van der Waals surface area contributed by atoms with Crippen molar-refractivity contribution in [3.8, 4) is 0 Å². The zero-order valence-corrected chi connectivity index (χ0v) is 8.40. The van der Waals surface area contributed by atoms with Gasteiger partial charge in [-0.2, -0.15) is 0 Å². The first-order valence-electron chi connectivity index (χ1n) is 4.71. The average molecular weight is 190 g/mol. The second kappa shape index (κ2) is 5.12. The molecule has 4 N–H and O–H groups in total. The summed E-state index contributed by atoms with van der Waals surface area (Å²) in [7, 11) is 0. The molecule has 0 unspecified atom stereocenters. The summed E-state index contributed by atoms with van der Waals surface area (Å²) in [5.74, 6) is 0. The highest BCUT2D eigenvalue weighted by molar-refractivity contribution is 5.63. The third-order valence-corrected chi connectivity index (χ3v) is 1.99. The molecule has 1 rings (SSSR count). The molecule has 0 aliphatic rings. The molecule has 0 heterocycles. The highest BCUT2D eigenvalue weighted by atomic mass is 14.6. The van der Waals surface area contributed by atoms with E-state index in [4.69, 9.17) is 11.5 Å². The summed E-state index contributed by atoms with van der Waals surface area (Å²) in [5.41, 5.74) is 14.1. The molecule has 0 aromatic heterocycles. The van der Waals surface area contributed by atoms with Gasteiger partial charge in [0.05, 0.1) is 0 Å². The highest BCUT2D eigenvalue weighted by Crippen LogP contribution is 2.08. The Morgan fingerprint density at radius 3 is 2.43 bits per heavy atom. The molecule has 0 saturated heterocycles. The van der Waals surface area contributed by atoms with Crippen LogP contribution in [0.5, 0.6) is 0 Å². The van der Waals surface area contributed by atoms with Gasteiger partial charge in [0.15, 0.2) is 0 Å². The second-order valence-corrected chi connectivity index (χ2v) is 3.08. The quantitative estimate of drug-likeness (QED) is 0.719. The Morgan fingerprint density at radius 1 is 1.21 bits per heavy atom. The number of nitrogens with two attached hydrogens (primary N) is 2. The van der Waals surface area contributed by atoms with Crippen LogP contribution in [-0.2, 0) is 0 Å². The largest absolute Gasteiger partial charge is 0.402 e. The third-order valence-electron chi connectivity index (χ3n) is 1.99. The maximum absolute atomic E-state index is 5.86. The Kier molecular flexibility index (Phi) is 3.80. The number of rotatable bonds is 3. The van der Waals surface area contributed by atoms with Gasteiger partial charge in [0.2, 0.25) is 0 Å². The van der Waals surface area contributed by atoms with Crippen LogP contribution in [0.15, 0.2) is 48.2 Å². The molecular weight excluding hydrogens is 172 g/mol. The van der Waals surface area contributed by atoms with Crippen LogP contribution in [0.3, 0.4) is 0 Å². The van der Waals surface area contributed by atoms with Crippen LogP contribution in [0.25, 0.3) is 5.70 Å². The van der Waals surface area contributed by atoms with Crippen LogP contribution >= 0.6 is 0 Å². The normalized spacial score (nSPS) is 12.9. The summed E-state index contributed by atoms with van der Waals surface area (Å²) in [6.45, 7) is 2.01. The van der Waals surface area contributed by atoms with Crippen molar-refractivity contribution in [2.75, 3.05) is 0 Å². The second-order valence-electron chi connectivity index (χ2n) is 3.08. The molecule has 2 nitrogen and oxygen atoms in total. The number of allylic oxidation sites excluding steroid dienone is 3. The average Bonchev–Trinajstić information content (AvgIpc) is 2.26. The van der Waals surface area contributed by atoms with E-state index < -0.39 is 0 Å². The lowest BCUT2D eigenvalue weighted by Gasteiger charge is -1.99. The lowest BCUT2D eigenvalue weighted by Crippen LogP contribution is -1.97. The van der Waals surface area contributed by atoms with Gasteiger partial charge in [-0.15, -0.1) is 0 Å². The van der Waals surface area contributed by atoms with E-state index in [0.29, 0.717) is 0 Å². The van der Waals surface area contributed by atoms with Gasteiger partial charge in [-0.1, -0.05) is 37.3 Å². The van der Waals surface area contributed by atoms with Gasteiger partial charge in [-0.25, -0.2) is 0 Å². The van der Waals surface area contributed by atoms with Gasteiger partial charge in [-0.3, -0.25) is 0 Å². The molecule has 0 aliphatic heterocycles. The minimum atomic E-state index is 0. The summed E-state index contributed by atoms with van der Waals surface area (Å²) in [4.78, 5) is 0. The first-order chi connectivity index (χ1) is 6.74. The van der Waals surface area contributed by atoms with E-state index in [-0.39, 0.29) is 1.43 Å². The fourth-order valence-corrected chi connectivity index (χ4v) is 1.04. The van der Waals surface area contributed by atoms with E-state index in [2.05, 4.69) is 0 Å². The van der Waals surface area contributed by atoms with E-state index in [9.17, 15) is 0 Å². The molecular formula is C12H18N2. The first-order valence-corrected chi connectivity index (χ1v) is 4.71. The lowest BCUT2D eigenvalue weighted by molar-refractivity contribution is 1.07. The maximum atomic E-state index is 5.86. The SMILES string of the molecule is CC/C(N)=C/C=C(\N)c1ccccc1.[HH]. The van der Waals surface area contributed by atoms with Crippen LogP contribution in [0.2, 0.25) is 0 Å². The summed E-state index contributed by atoms with van der Waals surface area (Å²) >= 11 is 0. The Bertz CT molecular complexity index is 342. The van der Waals surface area contributed by atoms with E-state index in [1.807, 2.05) is 49.4 Å². The van der Waals surface area contributed by atoms with Crippen molar-refractivity contribution < 1.29 is 1.43 Å². The third kappa shape index (κ3) is 2.98. The molecule has 0 fully saturated rings. The number of benzene rings is 1. The maximum Gasteiger partial charge on any atom is 0.0388 e. The van der Waals surface area contributed by atoms with Crippen LogP contribution in [0.1, 0.15) is 20.3 Å². The molecule has 0 bridgehead atoms. The van der Waals surface area contributed by atoms with Crippen LogP contribution in [-0.4, -0.2) is 0 Å². The summed E-state index contributed by atoms with van der Waals surface area (Å²) in [6.07, 6.45) is 4.54. The fraction of sp³-hybridized carbons (Fsp3) is 0.167. The Morgan fingerprint density at radius 2 is 1.86 bits per heavy atom. The van der Waals surface area contributed by atoms with E-state index in [0.717, 1.165) is 23.4 Å². The Balaban J connectivity index is 0.00000196. The van der Waals surface area contributed by atoms with E-state index in [1.54, 1.807) is 0 Å². The van der Waals surface area contributed by atoms with Gasteiger partial charge < -0.3 is 11.5 Å². The monoisotopic (exact) mass is 190 g/mol. The Labute approximate surface area is 86.4 Å². The summed E-state index contributed by atoms with van der Waals surface area (Å²) in [6, 6.07) is 9.84. The number of hydrogen-bond donors (Lipinski definition) is 2. The van der Waals surface area contributed by atoms with Crippen molar-refractivity contribution in [3.05, 3.63) is 53.7 Å². The summed E-state index contributed by atoms with van der Waals surface area (Å²) < 4.78 is 0. The van der Waals surface area contributed by atoms with Crippen LogP contribution < -0.4 is 11.5 Å².